The van der Waals surface area contributed by atoms with E-state index in [1.165, 1.54) is 41.5 Å². The summed E-state index contributed by atoms with van der Waals surface area (Å²) in [6.45, 7) is 6.54. The number of carbonyl (C=O) groups is 1. The number of halogens is 1. The standard InChI is InChI=1S/C24H29BrN2O2/c1-16(26-17(2)28)19-7-8-21-15-27(11-10-20(21)13-19)14-18-6-9-24(23(25)12-18)29-22-4-3-5-22/h6-9,12-13,16,22H,3-5,10-11,14-15H2,1-2H3,(H,26,28). The number of benzene rings is 2. The van der Waals surface area contributed by atoms with Gasteiger partial charge >= 0.3 is 0 Å². The maximum Gasteiger partial charge on any atom is 0.217 e. The van der Waals surface area contributed by atoms with Crippen molar-refractivity contribution >= 4 is 21.8 Å². The molecular formula is C24H29BrN2O2. The average Bonchev–Trinajstić information content (AvgIpc) is 2.65. The van der Waals surface area contributed by atoms with Crippen LogP contribution in [-0.2, 0) is 24.3 Å². The quantitative estimate of drug-likeness (QED) is 0.654. The molecule has 1 heterocycles. The van der Waals surface area contributed by atoms with E-state index in [4.69, 9.17) is 4.74 Å². The summed E-state index contributed by atoms with van der Waals surface area (Å²) in [4.78, 5) is 13.8. The Morgan fingerprint density at radius 3 is 2.76 bits per heavy atom. The van der Waals surface area contributed by atoms with Crippen LogP contribution >= 0.6 is 15.9 Å². The molecule has 1 saturated carbocycles. The molecule has 29 heavy (non-hydrogen) atoms. The van der Waals surface area contributed by atoms with Gasteiger partial charge in [0.1, 0.15) is 5.75 Å². The molecule has 1 unspecified atom stereocenters. The highest BCUT2D eigenvalue weighted by Crippen LogP contribution is 2.32. The minimum Gasteiger partial charge on any atom is -0.489 e. The number of hydrogen-bond acceptors (Lipinski definition) is 3. The predicted octanol–water partition coefficient (Wildman–Crippen LogP) is 5.14. The SMILES string of the molecule is CC(=O)NC(C)c1ccc2c(c1)CCN(Cc1ccc(OC3CCC3)c(Br)c1)C2. The molecule has 154 valence electrons. The Balaban J connectivity index is 1.38. The summed E-state index contributed by atoms with van der Waals surface area (Å²) >= 11 is 3.68. The summed E-state index contributed by atoms with van der Waals surface area (Å²) in [6, 6.07) is 13.2. The molecule has 4 nitrogen and oxygen atoms in total. The number of nitrogens with one attached hydrogen (secondary N) is 1. The van der Waals surface area contributed by atoms with E-state index in [0.29, 0.717) is 6.10 Å². The first kappa shape index (κ1) is 20.4. The lowest BCUT2D eigenvalue weighted by Gasteiger charge is -2.30. The van der Waals surface area contributed by atoms with Crippen LogP contribution in [0.5, 0.6) is 5.75 Å². The fourth-order valence-corrected chi connectivity index (χ4v) is 4.61. The van der Waals surface area contributed by atoms with E-state index in [1.807, 2.05) is 6.92 Å². The van der Waals surface area contributed by atoms with Crippen molar-refractivity contribution < 1.29 is 9.53 Å². The van der Waals surface area contributed by atoms with E-state index in [2.05, 4.69) is 62.5 Å². The van der Waals surface area contributed by atoms with Crippen LogP contribution in [0.3, 0.4) is 0 Å². The number of ether oxygens (including phenoxy) is 1. The fraction of sp³-hybridized carbons (Fsp3) is 0.458. The Bertz CT molecular complexity index is 894. The lowest BCUT2D eigenvalue weighted by atomic mass is 9.95. The van der Waals surface area contributed by atoms with Gasteiger partial charge in [0.15, 0.2) is 0 Å². The zero-order valence-electron chi connectivity index (χ0n) is 17.2. The number of hydrogen-bond donors (Lipinski definition) is 1. The maximum atomic E-state index is 11.3. The van der Waals surface area contributed by atoms with Gasteiger partial charge < -0.3 is 10.1 Å². The number of nitrogens with zero attached hydrogens (tertiary/aromatic N) is 1. The topological polar surface area (TPSA) is 41.6 Å². The maximum absolute atomic E-state index is 11.3. The number of rotatable bonds is 6. The first-order chi connectivity index (χ1) is 14.0. The highest BCUT2D eigenvalue weighted by molar-refractivity contribution is 9.10. The minimum absolute atomic E-state index is 0.0108. The van der Waals surface area contributed by atoms with Crippen molar-refractivity contribution in [2.45, 2.75) is 64.8 Å². The van der Waals surface area contributed by atoms with Gasteiger partial charge in [0, 0.05) is 26.6 Å². The molecule has 1 aliphatic carbocycles. The van der Waals surface area contributed by atoms with Gasteiger partial charge in [-0.05, 0) is 82.9 Å². The Morgan fingerprint density at radius 2 is 2.07 bits per heavy atom. The van der Waals surface area contributed by atoms with E-state index in [0.717, 1.165) is 36.3 Å². The Kier molecular flexibility index (Phi) is 6.26. The predicted molar refractivity (Wildman–Crippen MR) is 119 cm³/mol. The molecule has 1 N–H and O–H groups in total. The molecule has 2 aromatic carbocycles. The molecule has 1 atom stereocenters. The first-order valence-electron chi connectivity index (χ1n) is 10.5. The second-order valence-corrected chi connectivity index (χ2v) is 9.20. The van der Waals surface area contributed by atoms with Crippen molar-refractivity contribution in [3.05, 3.63) is 63.1 Å². The average molecular weight is 457 g/mol. The minimum atomic E-state index is 0.0108. The van der Waals surface area contributed by atoms with Crippen LogP contribution in [0, 0.1) is 0 Å². The summed E-state index contributed by atoms with van der Waals surface area (Å²) in [5.74, 6) is 0.972. The van der Waals surface area contributed by atoms with E-state index in [-0.39, 0.29) is 11.9 Å². The Morgan fingerprint density at radius 1 is 1.24 bits per heavy atom. The van der Waals surface area contributed by atoms with E-state index >= 15 is 0 Å². The van der Waals surface area contributed by atoms with Gasteiger partial charge in [-0.3, -0.25) is 9.69 Å². The number of amides is 1. The van der Waals surface area contributed by atoms with Crippen LogP contribution in [0.25, 0.3) is 0 Å². The number of carbonyl (C=O) groups excluding carboxylic acids is 1. The van der Waals surface area contributed by atoms with Crippen LogP contribution in [0.2, 0.25) is 0 Å². The van der Waals surface area contributed by atoms with Crippen molar-refractivity contribution in [1.82, 2.24) is 10.2 Å². The van der Waals surface area contributed by atoms with Gasteiger partial charge in [-0.15, -0.1) is 0 Å². The highest BCUT2D eigenvalue weighted by Gasteiger charge is 2.21. The summed E-state index contributed by atoms with van der Waals surface area (Å²) in [7, 11) is 0. The van der Waals surface area contributed by atoms with Gasteiger partial charge in [0.25, 0.3) is 0 Å². The van der Waals surface area contributed by atoms with Crippen LogP contribution in [0.1, 0.15) is 61.4 Å². The molecule has 1 amide bonds. The van der Waals surface area contributed by atoms with Gasteiger partial charge in [-0.25, -0.2) is 0 Å². The second kappa shape index (κ2) is 8.88. The molecule has 0 saturated heterocycles. The van der Waals surface area contributed by atoms with E-state index < -0.39 is 0 Å². The molecule has 2 aliphatic rings. The molecule has 2 aromatic rings. The third kappa shape index (κ3) is 5.01. The van der Waals surface area contributed by atoms with Crippen molar-refractivity contribution in [2.24, 2.45) is 0 Å². The molecule has 0 spiro atoms. The van der Waals surface area contributed by atoms with Crippen molar-refractivity contribution in [3.8, 4) is 5.75 Å². The fourth-order valence-electron chi connectivity index (χ4n) is 4.09. The molecule has 0 aromatic heterocycles. The summed E-state index contributed by atoms with van der Waals surface area (Å²) in [5, 5.41) is 2.97. The highest BCUT2D eigenvalue weighted by atomic mass is 79.9. The second-order valence-electron chi connectivity index (χ2n) is 8.35. The number of fused-ring (bicyclic) bond motifs is 1. The van der Waals surface area contributed by atoms with Crippen molar-refractivity contribution in [3.63, 3.8) is 0 Å². The molecule has 0 bridgehead atoms. The van der Waals surface area contributed by atoms with Gasteiger partial charge in [0.2, 0.25) is 5.91 Å². The largest absolute Gasteiger partial charge is 0.489 e. The lowest BCUT2D eigenvalue weighted by molar-refractivity contribution is -0.119. The third-order valence-electron chi connectivity index (χ3n) is 5.99. The first-order valence-corrected chi connectivity index (χ1v) is 11.3. The summed E-state index contributed by atoms with van der Waals surface area (Å²) in [6.07, 6.45) is 5.07. The molecular weight excluding hydrogens is 428 g/mol. The lowest BCUT2D eigenvalue weighted by Crippen LogP contribution is -2.30. The van der Waals surface area contributed by atoms with Crippen LogP contribution in [0.4, 0.5) is 0 Å². The van der Waals surface area contributed by atoms with Gasteiger partial charge in [-0.1, -0.05) is 24.3 Å². The summed E-state index contributed by atoms with van der Waals surface area (Å²) in [5.41, 5.74) is 5.27. The Labute approximate surface area is 181 Å². The van der Waals surface area contributed by atoms with Crippen molar-refractivity contribution in [2.75, 3.05) is 6.54 Å². The third-order valence-corrected chi connectivity index (χ3v) is 6.61. The normalized spacial score (nSPS) is 17.9. The van der Waals surface area contributed by atoms with Gasteiger partial charge in [0.05, 0.1) is 16.6 Å². The van der Waals surface area contributed by atoms with Gasteiger partial charge in [-0.2, -0.15) is 0 Å². The van der Waals surface area contributed by atoms with E-state index in [9.17, 15) is 4.79 Å². The molecule has 1 aliphatic heterocycles. The van der Waals surface area contributed by atoms with Crippen molar-refractivity contribution in [1.29, 1.82) is 0 Å². The monoisotopic (exact) mass is 456 g/mol. The molecule has 0 radical (unpaired) electrons. The zero-order valence-corrected chi connectivity index (χ0v) is 18.8. The molecule has 5 heteroatoms. The molecule has 4 rings (SSSR count). The van der Waals surface area contributed by atoms with Crippen LogP contribution < -0.4 is 10.1 Å². The summed E-state index contributed by atoms with van der Waals surface area (Å²) < 4.78 is 7.09. The zero-order chi connectivity index (χ0) is 20.4. The van der Waals surface area contributed by atoms with E-state index in [1.54, 1.807) is 6.92 Å². The van der Waals surface area contributed by atoms with Crippen LogP contribution in [-0.4, -0.2) is 23.5 Å². The molecule has 1 fully saturated rings. The smallest absolute Gasteiger partial charge is 0.217 e. The Hall–Kier alpha value is -1.85. The van der Waals surface area contributed by atoms with Crippen LogP contribution in [0.15, 0.2) is 40.9 Å².